The van der Waals surface area contributed by atoms with E-state index in [4.69, 9.17) is 4.74 Å². The van der Waals surface area contributed by atoms with Gasteiger partial charge >= 0.3 is 5.97 Å². The van der Waals surface area contributed by atoms with E-state index in [0.29, 0.717) is 23.2 Å². The van der Waals surface area contributed by atoms with Gasteiger partial charge in [-0.05, 0) is 131 Å². The van der Waals surface area contributed by atoms with Crippen LogP contribution in [0.4, 0.5) is 0 Å². The zero-order chi connectivity index (χ0) is 22.6. The molecule has 0 spiro atoms. The Morgan fingerprint density at radius 1 is 1.00 bits per heavy atom. The van der Waals surface area contributed by atoms with Crippen molar-refractivity contribution in [3.63, 3.8) is 0 Å². The molecule has 0 aromatic heterocycles. The summed E-state index contributed by atoms with van der Waals surface area (Å²) in [4.78, 5) is 12.3. The van der Waals surface area contributed by atoms with E-state index in [0.717, 1.165) is 48.9 Å². The molecule has 0 amide bonds. The van der Waals surface area contributed by atoms with Gasteiger partial charge in [0.05, 0.1) is 6.10 Å². The van der Waals surface area contributed by atoms with Gasteiger partial charge in [-0.3, -0.25) is 4.79 Å². The van der Waals surface area contributed by atoms with Crippen molar-refractivity contribution in [3.05, 3.63) is 0 Å². The Kier molecular flexibility index (Phi) is 6.34. The minimum atomic E-state index is -0.382. The van der Waals surface area contributed by atoms with Crippen LogP contribution in [0.15, 0.2) is 0 Å². The SMILES string of the molecule is C[C@H](CCC(=O)OC(C)(C)C)C1CC[C@H]2C3CCC4CC(O)CC[C@]4(C)[C@H]3CC[C@]12C. The number of carbonyl (C=O) groups excluding carboxylic acids is 1. The highest BCUT2D eigenvalue weighted by Crippen LogP contribution is 2.68. The lowest BCUT2D eigenvalue weighted by Crippen LogP contribution is -2.54. The van der Waals surface area contributed by atoms with E-state index >= 15 is 0 Å². The van der Waals surface area contributed by atoms with Gasteiger partial charge in [-0.15, -0.1) is 0 Å². The van der Waals surface area contributed by atoms with Gasteiger partial charge in [0.2, 0.25) is 0 Å². The lowest BCUT2D eigenvalue weighted by atomic mass is 9.44. The van der Waals surface area contributed by atoms with E-state index in [1.54, 1.807) is 0 Å². The minimum absolute atomic E-state index is 0.0338. The molecule has 3 nitrogen and oxygen atoms in total. The lowest BCUT2D eigenvalue weighted by Gasteiger charge is -2.61. The number of carbonyl (C=O) groups is 1. The average molecular weight is 433 g/mol. The first-order chi connectivity index (χ1) is 14.4. The summed E-state index contributed by atoms with van der Waals surface area (Å²) in [6.45, 7) is 13.5. The second-order valence-corrected chi connectivity index (χ2v) is 13.4. The van der Waals surface area contributed by atoms with Crippen LogP contribution in [-0.4, -0.2) is 22.8 Å². The summed E-state index contributed by atoms with van der Waals surface area (Å²) in [5.41, 5.74) is 0.531. The van der Waals surface area contributed by atoms with Crippen LogP contribution in [0.5, 0.6) is 0 Å². The maximum absolute atomic E-state index is 12.3. The summed E-state index contributed by atoms with van der Waals surface area (Å²) in [7, 11) is 0. The monoisotopic (exact) mass is 432 g/mol. The van der Waals surface area contributed by atoms with Gasteiger partial charge in [0.15, 0.2) is 0 Å². The Hall–Kier alpha value is -0.570. The smallest absolute Gasteiger partial charge is 0.306 e. The van der Waals surface area contributed by atoms with E-state index in [-0.39, 0.29) is 17.7 Å². The summed E-state index contributed by atoms with van der Waals surface area (Å²) in [6.07, 6.45) is 13.0. The molecule has 0 aromatic carbocycles. The van der Waals surface area contributed by atoms with Crippen LogP contribution in [0.3, 0.4) is 0 Å². The molecule has 4 saturated carbocycles. The molecule has 178 valence electrons. The molecular weight excluding hydrogens is 384 g/mol. The van der Waals surface area contributed by atoms with Crippen molar-refractivity contribution in [2.75, 3.05) is 0 Å². The second kappa shape index (κ2) is 8.33. The normalized spacial score (nSPS) is 45.9. The predicted octanol–water partition coefficient (Wildman–Crippen LogP) is 6.76. The molecule has 4 rings (SSSR count). The average Bonchev–Trinajstić information content (AvgIpc) is 3.02. The van der Waals surface area contributed by atoms with E-state index in [1.165, 1.54) is 44.9 Å². The number of rotatable bonds is 4. The van der Waals surface area contributed by atoms with E-state index in [2.05, 4.69) is 20.8 Å². The number of fused-ring (bicyclic) bond motifs is 5. The van der Waals surface area contributed by atoms with Gasteiger partial charge < -0.3 is 9.84 Å². The van der Waals surface area contributed by atoms with Crippen molar-refractivity contribution < 1.29 is 14.6 Å². The maximum atomic E-state index is 12.3. The molecule has 9 atom stereocenters. The van der Waals surface area contributed by atoms with E-state index in [9.17, 15) is 9.90 Å². The zero-order valence-electron chi connectivity index (χ0n) is 21.1. The standard InChI is InChI=1S/C28H48O3/c1-18(7-12-25(30)31-26(2,3)4)22-10-11-23-21-9-8-19-17-20(29)13-15-27(19,5)24(21)14-16-28(22,23)6/h18-24,29H,7-17H2,1-6H3/t18-,19?,20?,21?,22?,23+,24+,27+,28-/m1/s1. The van der Waals surface area contributed by atoms with Gasteiger partial charge in [-0.1, -0.05) is 20.8 Å². The minimum Gasteiger partial charge on any atom is -0.460 e. The van der Waals surface area contributed by atoms with Gasteiger partial charge in [-0.25, -0.2) is 0 Å². The number of aliphatic hydroxyl groups excluding tert-OH is 1. The highest BCUT2D eigenvalue weighted by molar-refractivity contribution is 5.69. The summed E-state index contributed by atoms with van der Waals surface area (Å²) >= 11 is 0. The first kappa shape index (κ1) is 23.6. The third kappa shape index (κ3) is 4.34. The molecule has 4 aliphatic rings. The van der Waals surface area contributed by atoms with Gasteiger partial charge in [0, 0.05) is 6.42 Å². The number of hydrogen-bond donors (Lipinski definition) is 1. The summed E-state index contributed by atoms with van der Waals surface area (Å²) in [6, 6.07) is 0. The molecule has 0 radical (unpaired) electrons. The molecule has 3 heteroatoms. The highest BCUT2D eigenvalue weighted by atomic mass is 16.6. The van der Waals surface area contributed by atoms with Gasteiger partial charge in [0.1, 0.15) is 5.60 Å². The predicted molar refractivity (Wildman–Crippen MR) is 125 cm³/mol. The Labute approximate surface area is 191 Å². The molecule has 0 heterocycles. The third-order valence-corrected chi connectivity index (χ3v) is 10.6. The molecule has 31 heavy (non-hydrogen) atoms. The Bertz CT molecular complexity index is 666. The summed E-state index contributed by atoms with van der Waals surface area (Å²) < 4.78 is 5.57. The van der Waals surface area contributed by atoms with Crippen LogP contribution in [0.2, 0.25) is 0 Å². The van der Waals surface area contributed by atoms with Crippen LogP contribution in [0, 0.1) is 46.3 Å². The van der Waals surface area contributed by atoms with E-state index < -0.39 is 0 Å². The van der Waals surface area contributed by atoms with Crippen molar-refractivity contribution in [2.24, 2.45) is 46.3 Å². The fraction of sp³-hybridized carbons (Fsp3) is 0.964. The third-order valence-electron chi connectivity index (χ3n) is 10.6. The van der Waals surface area contributed by atoms with Crippen molar-refractivity contribution in [1.82, 2.24) is 0 Å². The molecule has 4 fully saturated rings. The first-order valence-corrected chi connectivity index (χ1v) is 13.3. The van der Waals surface area contributed by atoms with Crippen molar-refractivity contribution in [3.8, 4) is 0 Å². The molecule has 0 aromatic rings. The van der Waals surface area contributed by atoms with Crippen LogP contribution < -0.4 is 0 Å². The number of ether oxygens (including phenoxy) is 1. The Balaban J connectivity index is 1.42. The molecule has 0 aliphatic heterocycles. The Morgan fingerprint density at radius 3 is 2.39 bits per heavy atom. The van der Waals surface area contributed by atoms with Crippen LogP contribution in [0.25, 0.3) is 0 Å². The van der Waals surface area contributed by atoms with Crippen LogP contribution >= 0.6 is 0 Å². The lowest BCUT2D eigenvalue weighted by molar-refractivity contribution is -0.155. The fourth-order valence-corrected chi connectivity index (χ4v) is 9.15. The van der Waals surface area contributed by atoms with Crippen molar-refractivity contribution in [1.29, 1.82) is 0 Å². The van der Waals surface area contributed by atoms with Crippen LogP contribution in [0.1, 0.15) is 112 Å². The molecule has 4 aliphatic carbocycles. The second-order valence-electron chi connectivity index (χ2n) is 13.4. The molecule has 1 N–H and O–H groups in total. The maximum Gasteiger partial charge on any atom is 0.306 e. The topological polar surface area (TPSA) is 46.5 Å². The van der Waals surface area contributed by atoms with E-state index in [1.807, 2.05) is 20.8 Å². The van der Waals surface area contributed by atoms with Gasteiger partial charge in [0.25, 0.3) is 0 Å². The summed E-state index contributed by atoms with van der Waals surface area (Å²) in [5, 5.41) is 10.3. The zero-order valence-corrected chi connectivity index (χ0v) is 21.1. The quantitative estimate of drug-likeness (QED) is 0.499. The van der Waals surface area contributed by atoms with Crippen molar-refractivity contribution in [2.45, 2.75) is 124 Å². The molecular formula is C28H48O3. The first-order valence-electron chi connectivity index (χ1n) is 13.3. The number of aliphatic hydroxyl groups is 1. The van der Waals surface area contributed by atoms with Gasteiger partial charge in [-0.2, -0.15) is 0 Å². The summed E-state index contributed by atoms with van der Waals surface area (Å²) in [5.74, 6) is 4.67. The van der Waals surface area contributed by atoms with Crippen LogP contribution in [-0.2, 0) is 9.53 Å². The number of hydrogen-bond acceptors (Lipinski definition) is 3. The largest absolute Gasteiger partial charge is 0.460 e. The molecule has 0 bridgehead atoms. The fourth-order valence-electron chi connectivity index (χ4n) is 9.15. The highest BCUT2D eigenvalue weighted by Gasteiger charge is 2.60. The molecule has 0 saturated heterocycles. The number of esters is 1. The Morgan fingerprint density at radius 2 is 1.68 bits per heavy atom. The molecule has 4 unspecified atom stereocenters. The van der Waals surface area contributed by atoms with Crippen molar-refractivity contribution >= 4 is 5.97 Å².